The quantitative estimate of drug-likeness (QED) is 0.0206. The summed E-state index contributed by atoms with van der Waals surface area (Å²) in [5, 5.41) is 27.1. The van der Waals surface area contributed by atoms with Crippen molar-refractivity contribution >= 4 is 62.2 Å². The molecule has 7 aromatic carbocycles. The number of benzene rings is 7. The maximum Gasteiger partial charge on any atom is 0.534 e. The lowest BCUT2D eigenvalue weighted by molar-refractivity contribution is 0.00235. The summed E-state index contributed by atoms with van der Waals surface area (Å²) < 4.78 is 99.4. The van der Waals surface area contributed by atoms with E-state index in [0.717, 1.165) is 12.1 Å². The van der Waals surface area contributed by atoms with Crippen LogP contribution in [0.5, 0.6) is 29.0 Å². The van der Waals surface area contributed by atoms with Crippen LogP contribution in [-0.4, -0.2) is 205 Å². The van der Waals surface area contributed by atoms with Crippen LogP contribution in [-0.2, 0) is 67.3 Å². The van der Waals surface area contributed by atoms with Crippen molar-refractivity contribution in [3.8, 4) is 29.0 Å². The number of ether oxygens (including phenoxy) is 13. The zero-order chi connectivity index (χ0) is 76.8. The number of carbonyl (C=O) groups is 1. The second kappa shape index (κ2) is 44.8. The first-order chi connectivity index (χ1) is 52.3. The predicted molar refractivity (Wildman–Crippen MR) is 426 cm³/mol. The van der Waals surface area contributed by atoms with Crippen LogP contribution in [0.3, 0.4) is 0 Å². The monoisotopic (exact) mass is 1540 g/mol. The van der Waals surface area contributed by atoms with Crippen molar-refractivity contribution in [3.63, 3.8) is 0 Å². The molecule has 2 N–H and O–H groups in total. The molecule has 8 rings (SSSR count). The van der Waals surface area contributed by atoms with Gasteiger partial charge in [-0.15, -0.1) is 4.73 Å². The van der Waals surface area contributed by atoms with Gasteiger partial charge in [-0.1, -0.05) is 244 Å². The van der Waals surface area contributed by atoms with Crippen LogP contribution in [0.25, 0.3) is 0 Å². The zero-order valence-electron chi connectivity index (χ0n) is 64.5. The molecule has 1 aromatic heterocycles. The van der Waals surface area contributed by atoms with Crippen LogP contribution in [0.15, 0.2) is 206 Å². The summed E-state index contributed by atoms with van der Waals surface area (Å²) in [6, 6.07) is 68.8. The SMILES string of the molecule is CC(C)(C)[Si](OCCOCCOCCOCCOc1cc(COC(=O)On2c(O)ccc2O)cc(OCCOCCOCCOCCO[Si](c2ccccc2)(c2ccccc2)C(C)(C)C)c1OCCOCCOCCOCCO[Si](c1ccccc1)(c1ccccc1)C(C)(C)C)(c1ccccc1)c1ccccc1. The Balaban J connectivity index is 0.813. The van der Waals surface area contributed by atoms with Gasteiger partial charge in [0.2, 0.25) is 17.5 Å². The molecule has 0 amide bonds. The van der Waals surface area contributed by atoms with Crippen LogP contribution in [0, 0.1) is 0 Å². The number of aromatic nitrogens is 1. The smallest absolute Gasteiger partial charge is 0.492 e. The molecule has 24 heteroatoms. The Hall–Kier alpha value is -7.74. The van der Waals surface area contributed by atoms with E-state index in [9.17, 15) is 15.0 Å². The molecule has 0 unspecified atom stereocenters. The van der Waals surface area contributed by atoms with Gasteiger partial charge in [0.25, 0.3) is 25.0 Å². The van der Waals surface area contributed by atoms with Crippen LogP contribution in [0.2, 0.25) is 15.1 Å². The van der Waals surface area contributed by atoms with Gasteiger partial charge in [0.05, 0.1) is 139 Å². The Labute approximate surface area is 641 Å². The molecule has 8 aromatic rings. The van der Waals surface area contributed by atoms with Gasteiger partial charge in [-0.05, 0) is 63.9 Å². The largest absolute Gasteiger partial charge is 0.534 e. The lowest BCUT2D eigenvalue weighted by Gasteiger charge is -2.43. The van der Waals surface area contributed by atoms with E-state index < -0.39 is 42.9 Å². The fraction of sp³-hybridized carbons (Fsp3) is 0.440. The van der Waals surface area contributed by atoms with Crippen molar-refractivity contribution in [2.45, 2.75) is 84.0 Å². The van der Waals surface area contributed by atoms with Crippen LogP contribution < -0.4 is 50.2 Å². The third-order valence-corrected chi connectivity index (χ3v) is 33.1. The number of carbonyl (C=O) groups excluding carboxylic acids is 1. The Morgan fingerprint density at radius 3 is 0.769 bits per heavy atom. The zero-order valence-corrected chi connectivity index (χ0v) is 67.5. The Morgan fingerprint density at radius 2 is 0.528 bits per heavy atom. The molecule has 1 heterocycles. The molecular formula is C84H113NO20Si3. The summed E-state index contributed by atoms with van der Waals surface area (Å²) in [6.45, 7) is 27.3. The van der Waals surface area contributed by atoms with Gasteiger partial charge < -0.3 is 85.1 Å². The van der Waals surface area contributed by atoms with Gasteiger partial charge in [0.15, 0.2) is 11.5 Å². The molecule has 108 heavy (non-hydrogen) atoms. The Morgan fingerprint density at radius 1 is 0.306 bits per heavy atom. The molecule has 0 aliphatic rings. The van der Waals surface area contributed by atoms with E-state index in [1.54, 1.807) is 12.1 Å². The molecule has 0 aliphatic heterocycles. The van der Waals surface area contributed by atoms with Crippen molar-refractivity contribution in [1.29, 1.82) is 0 Å². The predicted octanol–water partition coefficient (Wildman–Crippen LogP) is 10.7. The van der Waals surface area contributed by atoms with Crippen LogP contribution in [0.4, 0.5) is 4.79 Å². The Bertz CT molecular complexity index is 3480. The number of nitrogens with zero attached hydrogens (tertiary/aromatic N) is 1. The van der Waals surface area contributed by atoms with Crippen LogP contribution in [0.1, 0.15) is 67.9 Å². The first kappa shape index (κ1) is 85.9. The highest BCUT2D eigenvalue weighted by atomic mass is 28.4. The van der Waals surface area contributed by atoms with Gasteiger partial charge in [-0.3, -0.25) is 4.84 Å². The second-order valence-corrected chi connectivity index (χ2v) is 41.4. The number of rotatable bonds is 51. The van der Waals surface area contributed by atoms with E-state index in [1.165, 1.54) is 31.1 Å². The first-order valence-corrected chi connectivity index (χ1v) is 43.0. The highest BCUT2D eigenvalue weighted by Gasteiger charge is 2.52. The molecule has 586 valence electrons. The normalized spacial score (nSPS) is 12.3. The molecule has 0 saturated carbocycles. The maximum atomic E-state index is 12.9. The van der Waals surface area contributed by atoms with E-state index in [4.69, 9.17) is 79.7 Å². The third-order valence-electron chi connectivity index (χ3n) is 18.0. The van der Waals surface area contributed by atoms with E-state index >= 15 is 0 Å². The van der Waals surface area contributed by atoms with Gasteiger partial charge in [0, 0.05) is 12.1 Å². The average Bonchev–Trinajstić information content (AvgIpc) is 0.767. The highest BCUT2D eigenvalue weighted by molar-refractivity contribution is 7.00. The fourth-order valence-corrected chi connectivity index (χ4v) is 26.7. The van der Waals surface area contributed by atoms with Gasteiger partial charge >= 0.3 is 6.16 Å². The minimum Gasteiger partial charge on any atom is -0.492 e. The lowest BCUT2D eigenvalue weighted by Crippen LogP contribution is -2.66. The lowest BCUT2D eigenvalue weighted by atomic mass is 10.2. The minimum atomic E-state index is -2.68. The summed E-state index contributed by atoms with van der Waals surface area (Å²) in [6.07, 6.45) is -1.21. The molecule has 0 aliphatic carbocycles. The number of hydrogen-bond donors (Lipinski definition) is 2. The molecule has 0 atom stereocenters. The minimum absolute atomic E-state index is 0.0814. The first-order valence-electron chi connectivity index (χ1n) is 37.3. The molecule has 0 radical (unpaired) electrons. The van der Waals surface area contributed by atoms with Crippen molar-refractivity contribution in [2.24, 2.45) is 0 Å². The number of aromatic hydroxyl groups is 2. The van der Waals surface area contributed by atoms with Gasteiger partial charge in [-0.25, -0.2) is 4.79 Å². The fourth-order valence-electron chi connectivity index (χ4n) is 13.1. The van der Waals surface area contributed by atoms with Crippen molar-refractivity contribution in [3.05, 3.63) is 212 Å². The molecule has 21 nitrogen and oxygen atoms in total. The van der Waals surface area contributed by atoms with Crippen molar-refractivity contribution < 1.29 is 94.7 Å². The van der Waals surface area contributed by atoms with E-state index in [2.05, 4.69) is 208 Å². The Kier molecular flexibility index (Phi) is 35.6. The van der Waals surface area contributed by atoms with E-state index in [1.807, 2.05) is 36.4 Å². The number of hydrogen-bond acceptors (Lipinski definition) is 20. The standard InChI is InChI=1S/C84H113NO20Si3/c1-82(2,3)106(70-28-16-10-17-29-70,71-30-18-11-19-31-71)102-63-57-95-51-45-89-42-48-92-54-60-98-76-66-69(68-101-81(88)105-85-78(86)40-41-79(85)87)67-77(99-61-55-93-49-43-90-46-52-96-58-64-103-107(83(4,5)6,72-32-20-12-21-33-72)73-34-22-13-23-35-73)80(76)100-62-56-94-50-44-91-47-53-97-59-65-104-108(84(7,8)9,74-36-24-14-25-37-74)75-38-26-15-27-39-75/h10-41,66-67,86-87H,42-65,68H2,1-9H3. The second-order valence-electron chi connectivity index (χ2n) is 28.5. The molecule has 0 saturated heterocycles. The topological polar surface area (TPSA) is 219 Å². The van der Waals surface area contributed by atoms with E-state index in [-0.39, 0.29) is 98.4 Å². The van der Waals surface area contributed by atoms with Gasteiger partial charge in [-0.2, -0.15) is 0 Å². The summed E-state index contributed by atoms with van der Waals surface area (Å²) in [5.74, 6) is -0.268. The maximum absolute atomic E-state index is 12.9. The summed E-state index contributed by atoms with van der Waals surface area (Å²) in [7, 11) is -8.05. The molecule has 0 bridgehead atoms. The highest BCUT2D eigenvalue weighted by Crippen LogP contribution is 2.41. The summed E-state index contributed by atoms with van der Waals surface area (Å²) in [5.41, 5.74) is 0.423. The summed E-state index contributed by atoms with van der Waals surface area (Å²) >= 11 is 0. The molecule has 0 fully saturated rings. The average molecular weight is 1540 g/mol. The summed E-state index contributed by atoms with van der Waals surface area (Å²) in [4.78, 5) is 18.0. The van der Waals surface area contributed by atoms with E-state index in [0.29, 0.717) is 109 Å². The van der Waals surface area contributed by atoms with Crippen molar-refractivity contribution in [2.75, 3.05) is 159 Å². The van der Waals surface area contributed by atoms with Gasteiger partial charge in [0.1, 0.15) is 26.4 Å². The molecular weight excluding hydrogens is 1430 g/mol. The molecule has 0 spiro atoms. The van der Waals surface area contributed by atoms with Crippen molar-refractivity contribution in [1.82, 2.24) is 4.73 Å². The third kappa shape index (κ3) is 25.1. The van der Waals surface area contributed by atoms with Crippen LogP contribution >= 0.6 is 0 Å².